The van der Waals surface area contributed by atoms with Crippen LogP contribution in [0.2, 0.25) is 0 Å². The molecule has 6 bridgehead atoms. The van der Waals surface area contributed by atoms with Gasteiger partial charge in [0, 0.05) is 70.7 Å². The lowest BCUT2D eigenvalue weighted by Gasteiger charge is -2.26. The zero-order chi connectivity index (χ0) is 42.3. The second-order valence-corrected chi connectivity index (χ2v) is 18.5. The molecule has 0 aromatic heterocycles. The molecular weight excluding hydrogens is 745 g/mol. The zero-order valence-electron chi connectivity index (χ0n) is 36.6. The Labute approximate surface area is 357 Å². The van der Waals surface area contributed by atoms with E-state index in [4.69, 9.17) is 30.0 Å². The van der Waals surface area contributed by atoms with Crippen molar-refractivity contribution in [1.29, 1.82) is 0 Å². The molecule has 7 rings (SSSR count). The molecule has 3 aromatic rings. The molecule has 9 heteroatoms. The molecule has 0 saturated heterocycles. The minimum Gasteiger partial charge on any atom is -0.507 e. The predicted molar refractivity (Wildman–Crippen MR) is 250 cm³/mol. The maximum Gasteiger partial charge on any atom is 0.133 e. The normalized spacial score (nSPS) is 24.9. The van der Waals surface area contributed by atoms with Crippen LogP contribution in [-0.4, -0.2) is 88.9 Å². The molecule has 1 aliphatic heterocycles. The van der Waals surface area contributed by atoms with Gasteiger partial charge in [0.1, 0.15) is 17.2 Å². The van der Waals surface area contributed by atoms with Crippen LogP contribution in [0, 0.1) is 0 Å². The van der Waals surface area contributed by atoms with Crippen LogP contribution in [0.5, 0.6) is 17.2 Å². The number of phenolic OH excluding ortho intramolecular Hbond substituents is 3. The first-order chi connectivity index (χ1) is 28.9. The summed E-state index contributed by atoms with van der Waals surface area (Å²) in [5.41, 5.74) is 7.39. The summed E-state index contributed by atoms with van der Waals surface area (Å²) >= 11 is 0. The van der Waals surface area contributed by atoms with Crippen molar-refractivity contribution in [3.8, 4) is 17.2 Å². The summed E-state index contributed by atoms with van der Waals surface area (Å²) in [7, 11) is 0. The number of phenols is 3. The van der Waals surface area contributed by atoms with Gasteiger partial charge in [-0.2, -0.15) is 0 Å². The average molecular weight is 811 g/mol. The smallest absolute Gasteiger partial charge is 0.133 e. The molecule has 6 atom stereocenters. The highest BCUT2D eigenvalue weighted by Gasteiger charge is 2.27. The number of rotatable bonds is 3. The van der Waals surface area contributed by atoms with Crippen LogP contribution < -0.4 is 0 Å². The largest absolute Gasteiger partial charge is 0.507 e. The fourth-order valence-corrected chi connectivity index (χ4v) is 9.08. The van der Waals surface area contributed by atoms with Gasteiger partial charge >= 0.3 is 0 Å². The molecule has 0 unspecified atom stereocenters. The fourth-order valence-electron chi connectivity index (χ4n) is 9.08. The number of nitrogens with zero attached hydrogens (tertiary/aromatic N) is 6. The number of benzene rings is 3. The van der Waals surface area contributed by atoms with E-state index in [1.165, 1.54) is 0 Å². The minimum atomic E-state index is -0.0470. The highest BCUT2D eigenvalue weighted by Crippen LogP contribution is 2.33. The summed E-state index contributed by atoms with van der Waals surface area (Å²) in [4.78, 5) is 30.6. The molecule has 4 aliphatic rings. The van der Waals surface area contributed by atoms with Gasteiger partial charge in [0.2, 0.25) is 0 Å². The highest BCUT2D eigenvalue weighted by atomic mass is 16.3. The van der Waals surface area contributed by atoms with Crippen LogP contribution in [0.1, 0.15) is 186 Å². The van der Waals surface area contributed by atoms with Gasteiger partial charge in [-0.3, -0.25) is 30.0 Å². The van der Waals surface area contributed by atoms with E-state index in [0.29, 0.717) is 33.4 Å². The van der Waals surface area contributed by atoms with E-state index in [-0.39, 0.29) is 71.3 Å². The van der Waals surface area contributed by atoms with Gasteiger partial charge in [-0.15, -0.1) is 0 Å². The van der Waals surface area contributed by atoms with Crippen molar-refractivity contribution in [2.24, 2.45) is 30.0 Å². The lowest BCUT2D eigenvalue weighted by atomic mass is 9.90. The first kappa shape index (κ1) is 43.2. The predicted octanol–water partition coefficient (Wildman–Crippen LogP) is 11.0. The van der Waals surface area contributed by atoms with Crippen molar-refractivity contribution >= 4 is 37.3 Å². The van der Waals surface area contributed by atoms with Gasteiger partial charge in [-0.1, -0.05) is 80.1 Å². The summed E-state index contributed by atoms with van der Waals surface area (Å²) in [6, 6.07) is 12.0. The van der Waals surface area contributed by atoms with Crippen molar-refractivity contribution in [2.45, 2.75) is 173 Å². The number of fused-ring (bicyclic) bond motifs is 9. The van der Waals surface area contributed by atoms with Crippen molar-refractivity contribution in [3.63, 3.8) is 0 Å². The van der Waals surface area contributed by atoms with Gasteiger partial charge in [0.25, 0.3) is 0 Å². The monoisotopic (exact) mass is 811 g/mol. The van der Waals surface area contributed by atoms with Crippen LogP contribution in [0.3, 0.4) is 0 Å². The van der Waals surface area contributed by atoms with E-state index in [1.807, 2.05) is 73.7 Å². The topological polar surface area (TPSA) is 135 Å². The Morgan fingerprint density at radius 1 is 0.333 bits per heavy atom. The molecule has 60 heavy (non-hydrogen) atoms. The molecule has 3 N–H and O–H groups in total. The number of aliphatic imine (C=N–C) groups is 6. The number of hydrogen-bond acceptors (Lipinski definition) is 9. The molecule has 3 fully saturated rings. The van der Waals surface area contributed by atoms with Gasteiger partial charge in [0.05, 0.1) is 36.3 Å². The third-order valence-corrected chi connectivity index (χ3v) is 13.1. The molecule has 3 saturated carbocycles. The second-order valence-electron chi connectivity index (χ2n) is 18.5. The van der Waals surface area contributed by atoms with E-state index in [1.54, 1.807) is 0 Å². The van der Waals surface area contributed by atoms with Crippen LogP contribution in [0.15, 0.2) is 66.4 Å². The first-order valence-corrected chi connectivity index (χ1v) is 22.7. The molecule has 318 valence electrons. The Hall–Kier alpha value is -4.92. The van der Waals surface area contributed by atoms with Gasteiger partial charge in [-0.05, 0) is 109 Å². The summed E-state index contributed by atoms with van der Waals surface area (Å²) < 4.78 is 0. The maximum atomic E-state index is 11.7. The molecule has 0 spiro atoms. The average Bonchev–Trinajstić information content (AvgIpc) is 3.24. The third kappa shape index (κ3) is 10.3. The Bertz CT molecular complexity index is 1790. The molecular formula is C51H66N6O3. The fraction of sp³-hybridized carbons (Fsp3) is 0.529. The Morgan fingerprint density at radius 2 is 0.500 bits per heavy atom. The second kappa shape index (κ2) is 19.6. The SMILES string of the molecule is CC(C)c1cc2c(O)c(c1)C=N[C@H]1CCCC[C@@H]1N=Cc1cc(C(C)C)cc(c1O)C=N[C@H]1CCCC[C@@H]1N=Cc1cc(C(C)C)cc(c1O)C=N[C@H]1CCCC[C@@H]1N=C2. The van der Waals surface area contributed by atoms with E-state index in [0.717, 1.165) is 93.7 Å². The van der Waals surface area contributed by atoms with Crippen molar-refractivity contribution in [2.75, 3.05) is 0 Å². The molecule has 3 aromatic carbocycles. The molecule has 0 radical (unpaired) electrons. The van der Waals surface area contributed by atoms with Crippen LogP contribution in [0.25, 0.3) is 0 Å². The molecule has 9 nitrogen and oxygen atoms in total. The summed E-state index contributed by atoms with van der Waals surface area (Å²) in [6.07, 6.45) is 22.8. The molecule has 0 amide bonds. The number of aromatic hydroxyl groups is 3. The van der Waals surface area contributed by atoms with Crippen molar-refractivity contribution < 1.29 is 15.3 Å². The standard InChI is InChI=1S/C51H66N6O3/c1-31(2)34-19-37-25-52-43-13-7-9-15-45(43)54-27-39-21-35(32(3)4)23-41(50(39)59)29-56-47-17-11-12-18-48(47)57-30-42-24-36(33(5)6)22-40(51(42)60)28-55-46-16-10-8-14-44(46)53-26-38(20-34)49(37)58/h19-33,43-48,58-60H,7-18H2,1-6H3/t43-,44-,45-,46-,47-,48-/m0/s1. The van der Waals surface area contributed by atoms with Gasteiger partial charge < -0.3 is 15.3 Å². The molecule has 1 heterocycles. The van der Waals surface area contributed by atoms with Crippen LogP contribution >= 0.6 is 0 Å². The van der Waals surface area contributed by atoms with Crippen LogP contribution in [0.4, 0.5) is 0 Å². The molecule has 3 aliphatic carbocycles. The van der Waals surface area contributed by atoms with E-state index in [9.17, 15) is 15.3 Å². The van der Waals surface area contributed by atoms with Crippen molar-refractivity contribution in [3.05, 3.63) is 86.5 Å². The summed E-state index contributed by atoms with van der Waals surface area (Å²) in [5, 5.41) is 35.1. The minimum absolute atomic E-state index is 0.0470. The lowest BCUT2D eigenvalue weighted by molar-refractivity contribution is 0.389. The Morgan fingerprint density at radius 3 is 0.650 bits per heavy atom. The number of hydrogen-bond donors (Lipinski definition) is 3. The van der Waals surface area contributed by atoms with Gasteiger partial charge in [0.15, 0.2) is 0 Å². The quantitative estimate of drug-likeness (QED) is 0.243. The van der Waals surface area contributed by atoms with Crippen molar-refractivity contribution in [1.82, 2.24) is 0 Å². The van der Waals surface area contributed by atoms with Crippen LogP contribution in [-0.2, 0) is 0 Å². The van der Waals surface area contributed by atoms with E-state index >= 15 is 0 Å². The lowest BCUT2D eigenvalue weighted by Crippen LogP contribution is -2.27. The van der Waals surface area contributed by atoms with Gasteiger partial charge in [-0.25, -0.2) is 0 Å². The first-order valence-electron chi connectivity index (χ1n) is 22.7. The Kier molecular flexibility index (Phi) is 14.1. The summed E-state index contributed by atoms with van der Waals surface area (Å²) in [6.45, 7) is 12.9. The Balaban J connectivity index is 1.34. The summed E-state index contributed by atoms with van der Waals surface area (Å²) in [5.74, 6) is 1.24. The zero-order valence-corrected chi connectivity index (χ0v) is 36.6. The highest BCUT2D eigenvalue weighted by molar-refractivity contribution is 5.94. The third-order valence-electron chi connectivity index (χ3n) is 13.1. The van der Waals surface area contributed by atoms with E-state index < -0.39 is 0 Å². The maximum absolute atomic E-state index is 11.7. The van der Waals surface area contributed by atoms with E-state index in [2.05, 4.69) is 41.5 Å².